The highest BCUT2D eigenvalue weighted by atomic mass is 16.4. The molecular weight excluding hydrogens is 300 g/mol. The molecule has 3 rings (SSSR count). The predicted octanol–water partition coefficient (Wildman–Crippen LogP) is 0.872. The van der Waals surface area contributed by atoms with Gasteiger partial charge in [0.2, 0.25) is 0 Å². The molecule has 1 aromatic carbocycles. The number of carboxylic acid groups (broad SMARTS) is 1. The predicted molar refractivity (Wildman–Crippen MR) is 78.5 cm³/mol. The summed E-state index contributed by atoms with van der Waals surface area (Å²) in [6.45, 7) is 3.18. The Bertz CT molecular complexity index is 756. The summed E-state index contributed by atoms with van der Waals surface area (Å²) in [4.78, 5) is 50.3. The maximum absolute atomic E-state index is 12.3. The molecule has 2 aliphatic rings. The van der Waals surface area contributed by atoms with E-state index in [4.69, 9.17) is 0 Å². The summed E-state index contributed by atoms with van der Waals surface area (Å²) in [7, 11) is 0. The van der Waals surface area contributed by atoms with Crippen LogP contribution in [-0.4, -0.2) is 51.2 Å². The lowest BCUT2D eigenvalue weighted by atomic mass is 10.0. The van der Waals surface area contributed by atoms with Crippen LogP contribution < -0.4 is 0 Å². The highest BCUT2D eigenvalue weighted by molar-refractivity contribution is 6.23. The maximum Gasteiger partial charge on any atom is 0.352 e. The Kier molecular flexibility index (Phi) is 3.28. The molecule has 1 N–H and O–H groups in total. The van der Waals surface area contributed by atoms with Gasteiger partial charge in [0.25, 0.3) is 17.7 Å². The van der Waals surface area contributed by atoms with Crippen LogP contribution in [0.15, 0.2) is 35.5 Å². The van der Waals surface area contributed by atoms with Gasteiger partial charge in [-0.05, 0) is 31.6 Å². The van der Waals surface area contributed by atoms with Gasteiger partial charge < -0.3 is 10.0 Å². The van der Waals surface area contributed by atoms with Crippen molar-refractivity contribution in [1.82, 2.24) is 9.80 Å². The molecule has 1 saturated heterocycles. The summed E-state index contributed by atoms with van der Waals surface area (Å²) in [5.41, 5.74) is 0.906. The lowest BCUT2D eigenvalue weighted by Crippen LogP contribution is -2.65. The Hall–Kier alpha value is -2.96. The van der Waals surface area contributed by atoms with Crippen molar-refractivity contribution < 1.29 is 24.3 Å². The quantitative estimate of drug-likeness (QED) is 0.507. The van der Waals surface area contributed by atoms with Crippen LogP contribution in [0.2, 0.25) is 0 Å². The van der Waals surface area contributed by atoms with E-state index < -0.39 is 29.7 Å². The zero-order chi connectivity index (χ0) is 16.9. The molecule has 0 aromatic heterocycles. The Balaban J connectivity index is 1.86. The van der Waals surface area contributed by atoms with Gasteiger partial charge in [0.15, 0.2) is 0 Å². The van der Waals surface area contributed by atoms with Crippen LogP contribution in [0, 0.1) is 0 Å². The van der Waals surface area contributed by atoms with Crippen molar-refractivity contribution in [2.45, 2.75) is 19.9 Å². The topological polar surface area (TPSA) is 95.0 Å². The summed E-state index contributed by atoms with van der Waals surface area (Å²) in [5, 5.41) is 9.20. The van der Waals surface area contributed by atoms with Crippen molar-refractivity contribution in [3.05, 3.63) is 46.7 Å². The number of imide groups is 1. The molecule has 1 fully saturated rings. The zero-order valence-electron chi connectivity index (χ0n) is 12.6. The molecule has 2 aliphatic heterocycles. The number of nitrogens with zero attached hydrogens (tertiary/aromatic N) is 2. The fourth-order valence-corrected chi connectivity index (χ4v) is 2.89. The van der Waals surface area contributed by atoms with Crippen molar-refractivity contribution in [2.24, 2.45) is 0 Å². The SMILES string of the molecule is CC(C)=C(C(=O)O)N1CC(N2C(=O)c3ccccc3C2=O)C1=O. The molecule has 0 bridgehead atoms. The standard InChI is InChI=1S/C16H14N2O5/c1-8(2)12(16(22)23)17-7-11(15(17)21)18-13(19)9-5-3-4-6-10(9)14(18)20/h3-6,11H,7H2,1-2H3,(H,22,23). The molecule has 0 spiro atoms. The molecule has 2 heterocycles. The summed E-state index contributed by atoms with van der Waals surface area (Å²) >= 11 is 0. The number of fused-ring (bicyclic) bond motifs is 1. The molecule has 7 heteroatoms. The lowest BCUT2D eigenvalue weighted by molar-refractivity contribution is -0.149. The lowest BCUT2D eigenvalue weighted by Gasteiger charge is -2.42. The van der Waals surface area contributed by atoms with E-state index in [0.717, 1.165) is 9.80 Å². The van der Waals surface area contributed by atoms with E-state index in [1.54, 1.807) is 26.0 Å². The van der Waals surface area contributed by atoms with E-state index in [-0.39, 0.29) is 23.4 Å². The number of hydrogen-bond donors (Lipinski definition) is 1. The average molecular weight is 314 g/mol. The van der Waals surface area contributed by atoms with E-state index in [1.165, 1.54) is 12.1 Å². The number of hydrogen-bond acceptors (Lipinski definition) is 4. The van der Waals surface area contributed by atoms with Crippen molar-refractivity contribution in [3.8, 4) is 0 Å². The summed E-state index contributed by atoms with van der Waals surface area (Å²) in [6, 6.07) is 5.42. The number of carboxylic acids is 1. The normalized spacial score (nSPS) is 19.6. The largest absolute Gasteiger partial charge is 0.477 e. The second kappa shape index (κ2) is 5.05. The zero-order valence-corrected chi connectivity index (χ0v) is 12.6. The minimum Gasteiger partial charge on any atom is -0.477 e. The first kappa shape index (κ1) is 15.0. The van der Waals surface area contributed by atoms with Crippen LogP contribution in [-0.2, 0) is 9.59 Å². The molecule has 0 saturated carbocycles. The maximum atomic E-state index is 12.3. The van der Waals surface area contributed by atoms with Gasteiger partial charge in [0.1, 0.15) is 11.7 Å². The van der Waals surface area contributed by atoms with E-state index in [9.17, 15) is 24.3 Å². The molecule has 1 atom stereocenters. The third-order valence-electron chi connectivity index (χ3n) is 3.99. The Morgan fingerprint density at radius 3 is 2.00 bits per heavy atom. The Labute approximate surface area is 131 Å². The smallest absolute Gasteiger partial charge is 0.352 e. The number of amides is 3. The van der Waals surface area contributed by atoms with E-state index in [1.807, 2.05) is 0 Å². The molecule has 3 amide bonds. The minimum absolute atomic E-state index is 0.00286. The average Bonchev–Trinajstić information content (AvgIpc) is 2.74. The van der Waals surface area contributed by atoms with Crippen molar-refractivity contribution in [1.29, 1.82) is 0 Å². The highest BCUT2D eigenvalue weighted by Crippen LogP contribution is 2.31. The van der Waals surface area contributed by atoms with Gasteiger partial charge in [-0.3, -0.25) is 19.3 Å². The third-order valence-corrected chi connectivity index (χ3v) is 3.99. The van der Waals surface area contributed by atoms with Crippen molar-refractivity contribution in [2.75, 3.05) is 6.54 Å². The van der Waals surface area contributed by atoms with Gasteiger partial charge in [0.05, 0.1) is 17.7 Å². The number of likely N-dealkylation sites (tertiary alicyclic amines) is 1. The van der Waals surface area contributed by atoms with E-state index in [0.29, 0.717) is 5.57 Å². The molecule has 0 radical (unpaired) electrons. The number of aliphatic carboxylic acids is 1. The van der Waals surface area contributed by atoms with E-state index in [2.05, 4.69) is 0 Å². The van der Waals surface area contributed by atoms with Gasteiger partial charge in [0, 0.05) is 0 Å². The van der Waals surface area contributed by atoms with Crippen molar-refractivity contribution in [3.63, 3.8) is 0 Å². The molecule has 7 nitrogen and oxygen atoms in total. The number of benzene rings is 1. The van der Waals surface area contributed by atoms with Crippen LogP contribution in [0.3, 0.4) is 0 Å². The van der Waals surface area contributed by atoms with Crippen molar-refractivity contribution >= 4 is 23.7 Å². The molecule has 0 aliphatic carbocycles. The van der Waals surface area contributed by atoms with Gasteiger partial charge >= 0.3 is 5.97 Å². The van der Waals surface area contributed by atoms with Crippen LogP contribution in [0.4, 0.5) is 0 Å². The third kappa shape index (κ3) is 2.04. The number of carbonyl (C=O) groups is 4. The summed E-state index contributed by atoms with van der Waals surface area (Å²) < 4.78 is 0. The van der Waals surface area contributed by atoms with Gasteiger partial charge in [-0.15, -0.1) is 0 Å². The fraction of sp³-hybridized carbons (Fsp3) is 0.250. The Morgan fingerprint density at radius 2 is 1.61 bits per heavy atom. The van der Waals surface area contributed by atoms with Gasteiger partial charge in [-0.25, -0.2) is 4.79 Å². The molecule has 23 heavy (non-hydrogen) atoms. The second-order valence-electron chi connectivity index (χ2n) is 5.64. The van der Waals surface area contributed by atoms with E-state index >= 15 is 0 Å². The number of rotatable bonds is 3. The number of carbonyl (C=O) groups excluding carboxylic acids is 3. The van der Waals surface area contributed by atoms with Crippen LogP contribution in [0.25, 0.3) is 0 Å². The van der Waals surface area contributed by atoms with Gasteiger partial charge in [-0.2, -0.15) is 0 Å². The van der Waals surface area contributed by atoms with Crippen LogP contribution >= 0.6 is 0 Å². The second-order valence-corrected chi connectivity index (χ2v) is 5.64. The molecule has 118 valence electrons. The summed E-state index contributed by atoms with van der Waals surface area (Å²) in [5.74, 6) is -2.80. The number of β-lactam (4-membered cyclic amide) rings is 1. The van der Waals surface area contributed by atoms with Crippen LogP contribution in [0.5, 0.6) is 0 Å². The summed E-state index contributed by atoms with van der Waals surface area (Å²) in [6.07, 6.45) is 0. The van der Waals surface area contributed by atoms with Gasteiger partial charge in [-0.1, -0.05) is 12.1 Å². The first-order valence-corrected chi connectivity index (χ1v) is 7.03. The number of allylic oxidation sites excluding steroid dienone is 1. The molecule has 1 aromatic rings. The first-order chi connectivity index (χ1) is 10.8. The monoisotopic (exact) mass is 314 g/mol. The minimum atomic E-state index is -1.21. The van der Waals surface area contributed by atoms with Crippen LogP contribution in [0.1, 0.15) is 34.6 Å². The molecular formula is C16H14N2O5. The fourth-order valence-electron chi connectivity index (χ4n) is 2.89. The Morgan fingerprint density at radius 1 is 1.09 bits per heavy atom. The first-order valence-electron chi connectivity index (χ1n) is 7.03. The molecule has 1 unspecified atom stereocenters. The highest BCUT2D eigenvalue weighted by Gasteiger charge is 2.51.